The summed E-state index contributed by atoms with van der Waals surface area (Å²) in [5.41, 5.74) is 2.28. The van der Waals surface area contributed by atoms with Crippen LogP contribution < -0.4 is 26.0 Å². The lowest BCUT2D eigenvalue weighted by atomic mass is 9.89. The van der Waals surface area contributed by atoms with Gasteiger partial charge in [0.15, 0.2) is 0 Å². The minimum absolute atomic E-state index is 0.0613. The molecule has 0 bridgehead atoms. The highest BCUT2D eigenvalue weighted by Gasteiger charge is 2.50. The van der Waals surface area contributed by atoms with Crippen molar-refractivity contribution in [1.29, 1.82) is 0 Å². The SMILES string of the molecule is C#Cc1cc(Nc2nccc(Oc3ccc(NC(=O)Nc4cc(C(C)(C)C(F)(F)F)nn4-c4ccc(C)cc4)c4c3CCC=C4)n2)cc(C(=O)NCCN2CCOCC2)c1. The summed E-state index contributed by atoms with van der Waals surface area (Å²) in [6, 6.07) is 17.6. The number of halogens is 3. The van der Waals surface area contributed by atoms with Gasteiger partial charge in [0, 0.05) is 72.4 Å². The van der Waals surface area contributed by atoms with E-state index in [4.69, 9.17) is 15.9 Å². The summed E-state index contributed by atoms with van der Waals surface area (Å²) < 4.78 is 55.1. The lowest BCUT2D eigenvalue weighted by molar-refractivity contribution is -0.181. The number of allylic oxidation sites excluding steroid dienone is 1. The molecule has 1 fully saturated rings. The van der Waals surface area contributed by atoms with Crippen LogP contribution in [0.1, 0.15) is 58.6 Å². The third-order valence-electron chi connectivity index (χ3n) is 10.3. The van der Waals surface area contributed by atoms with Crippen LogP contribution in [0.5, 0.6) is 11.6 Å². The predicted molar refractivity (Wildman–Crippen MR) is 223 cm³/mol. The van der Waals surface area contributed by atoms with E-state index >= 15 is 0 Å². The fourth-order valence-corrected chi connectivity index (χ4v) is 6.67. The number of morpholine rings is 1. The van der Waals surface area contributed by atoms with Crippen molar-refractivity contribution < 1.29 is 32.2 Å². The minimum atomic E-state index is -4.58. The van der Waals surface area contributed by atoms with Gasteiger partial charge in [0.25, 0.3) is 5.91 Å². The van der Waals surface area contributed by atoms with Crippen LogP contribution in [0.4, 0.5) is 41.1 Å². The van der Waals surface area contributed by atoms with Gasteiger partial charge in [-0.05, 0) is 76.1 Å². The van der Waals surface area contributed by atoms with Crippen molar-refractivity contribution in [2.45, 2.75) is 45.2 Å². The summed E-state index contributed by atoms with van der Waals surface area (Å²) in [5.74, 6) is 3.34. The highest BCUT2D eigenvalue weighted by Crippen LogP contribution is 2.41. The van der Waals surface area contributed by atoms with Crippen molar-refractivity contribution >= 4 is 41.2 Å². The molecule has 0 unspecified atom stereocenters. The molecular weight excluding hydrogens is 776 g/mol. The molecule has 7 rings (SSSR count). The Balaban J connectivity index is 1.06. The molecule has 4 N–H and O–H groups in total. The smallest absolute Gasteiger partial charge is 0.399 e. The molecule has 0 atom stereocenters. The molecule has 310 valence electrons. The van der Waals surface area contributed by atoms with Crippen LogP contribution in [0.25, 0.3) is 11.8 Å². The number of urea groups is 1. The number of benzene rings is 3. The van der Waals surface area contributed by atoms with Gasteiger partial charge in [-0.2, -0.15) is 23.3 Å². The first-order valence-electron chi connectivity index (χ1n) is 19.4. The average molecular weight is 820 g/mol. The van der Waals surface area contributed by atoms with E-state index in [0.29, 0.717) is 72.2 Å². The van der Waals surface area contributed by atoms with E-state index in [1.807, 2.05) is 31.2 Å². The topological polar surface area (TPSA) is 148 Å². The maximum atomic E-state index is 14.0. The Kier molecular flexibility index (Phi) is 12.2. The van der Waals surface area contributed by atoms with Crippen molar-refractivity contribution in [3.63, 3.8) is 0 Å². The normalized spacial score (nSPS) is 14.2. The number of hydrogen-bond acceptors (Lipinski definition) is 9. The molecule has 13 nitrogen and oxygen atoms in total. The predicted octanol–water partition coefficient (Wildman–Crippen LogP) is 7.99. The van der Waals surface area contributed by atoms with Crippen LogP contribution in [-0.2, 0) is 16.6 Å². The summed E-state index contributed by atoms with van der Waals surface area (Å²) in [6.07, 6.45) is 7.85. The monoisotopic (exact) mass is 819 g/mol. The van der Waals surface area contributed by atoms with Crippen LogP contribution in [0, 0.1) is 19.3 Å². The number of nitrogens with one attached hydrogen (secondary N) is 4. The van der Waals surface area contributed by atoms with Gasteiger partial charge >= 0.3 is 12.2 Å². The second kappa shape index (κ2) is 17.7. The largest absolute Gasteiger partial charge is 0.439 e. The number of rotatable bonds is 12. The van der Waals surface area contributed by atoms with Gasteiger partial charge in [-0.1, -0.05) is 35.8 Å². The third-order valence-corrected chi connectivity index (χ3v) is 10.3. The summed E-state index contributed by atoms with van der Waals surface area (Å²) in [6.45, 7) is 8.18. The molecule has 16 heteroatoms. The van der Waals surface area contributed by atoms with Crippen molar-refractivity contribution in [2.24, 2.45) is 0 Å². The number of amides is 3. The van der Waals surface area contributed by atoms with Gasteiger partial charge in [-0.15, -0.1) is 6.42 Å². The molecule has 0 spiro atoms. The van der Waals surface area contributed by atoms with Crippen molar-refractivity contribution in [3.8, 4) is 29.7 Å². The highest BCUT2D eigenvalue weighted by atomic mass is 19.4. The van der Waals surface area contributed by atoms with Gasteiger partial charge in [-0.25, -0.2) is 14.5 Å². The lowest BCUT2D eigenvalue weighted by Gasteiger charge is -2.26. The Hall–Kier alpha value is -6.70. The van der Waals surface area contributed by atoms with E-state index in [1.54, 1.807) is 48.5 Å². The van der Waals surface area contributed by atoms with E-state index in [2.05, 4.69) is 47.2 Å². The number of fused-ring (bicyclic) bond motifs is 1. The maximum Gasteiger partial charge on any atom is 0.399 e. The number of carbonyl (C=O) groups is 2. The number of hydrogen-bond donors (Lipinski definition) is 4. The highest BCUT2D eigenvalue weighted by molar-refractivity contribution is 6.01. The zero-order chi connectivity index (χ0) is 42.4. The zero-order valence-electron chi connectivity index (χ0n) is 33.3. The summed E-state index contributed by atoms with van der Waals surface area (Å²) in [7, 11) is 0. The molecule has 1 aliphatic carbocycles. The first-order chi connectivity index (χ1) is 28.8. The van der Waals surface area contributed by atoms with Gasteiger partial charge in [0.05, 0.1) is 30.3 Å². The second-order valence-electron chi connectivity index (χ2n) is 14.9. The molecule has 0 saturated carbocycles. The molecule has 5 aromatic rings. The van der Waals surface area contributed by atoms with Crippen molar-refractivity contribution in [3.05, 3.63) is 113 Å². The molecule has 0 radical (unpaired) electrons. The number of aromatic nitrogens is 4. The molecule has 1 saturated heterocycles. The van der Waals surface area contributed by atoms with Crippen LogP contribution in [-0.4, -0.2) is 82.2 Å². The summed E-state index contributed by atoms with van der Waals surface area (Å²) in [4.78, 5) is 37.7. The zero-order valence-corrected chi connectivity index (χ0v) is 33.3. The Morgan fingerprint density at radius 3 is 2.53 bits per heavy atom. The molecule has 3 aromatic carbocycles. The molecular formula is C44H44F3N9O4. The van der Waals surface area contributed by atoms with Gasteiger partial charge in [0.2, 0.25) is 11.8 Å². The second-order valence-corrected chi connectivity index (χ2v) is 14.9. The summed E-state index contributed by atoms with van der Waals surface area (Å²) >= 11 is 0. The number of nitrogens with zero attached hydrogens (tertiary/aromatic N) is 5. The van der Waals surface area contributed by atoms with Crippen LogP contribution in [0.15, 0.2) is 79.0 Å². The van der Waals surface area contributed by atoms with E-state index in [-0.39, 0.29) is 29.2 Å². The van der Waals surface area contributed by atoms with Gasteiger partial charge in [-0.3, -0.25) is 15.0 Å². The average Bonchev–Trinajstić information content (AvgIpc) is 3.66. The molecule has 60 heavy (non-hydrogen) atoms. The molecule has 2 aromatic heterocycles. The quantitative estimate of drug-likeness (QED) is 0.0920. The fraction of sp³-hybridized carbons (Fsp3) is 0.295. The Labute approximate surface area is 345 Å². The molecule has 1 aliphatic heterocycles. The number of aryl methyl sites for hydroxylation is 1. The lowest BCUT2D eigenvalue weighted by Crippen LogP contribution is -2.41. The number of alkyl halides is 3. The van der Waals surface area contributed by atoms with Crippen LogP contribution in [0.2, 0.25) is 0 Å². The molecule has 3 heterocycles. The number of terminal acetylenes is 1. The number of ether oxygens (including phenoxy) is 2. The Morgan fingerprint density at radius 2 is 1.78 bits per heavy atom. The van der Waals surface area contributed by atoms with Gasteiger partial charge < -0.3 is 25.4 Å². The number of carbonyl (C=O) groups excluding carboxylic acids is 2. The van der Waals surface area contributed by atoms with E-state index in [0.717, 1.165) is 44.5 Å². The van der Waals surface area contributed by atoms with Crippen LogP contribution in [0.3, 0.4) is 0 Å². The van der Waals surface area contributed by atoms with Crippen molar-refractivity contribution in [1.82, 2.24) is 30.0 Å². The fourth-order valence-electron chi connectivity index (χ4n) is 6.67. The van der Waals surface area contributed by atoms with E-state index in [1.165, 1.54) is 16.9 Å². The van der Waals surface area contributed by atoms with E-state index < -0.39 is 17.6 Å². The first-order valence-corrected chi connectivity index (χ1v) is 19.4. The third kappa shape index (κ3) is 9.60. The van der Waals surface area contributed by atoms with Crippen molar-refractivity contribution in [2.75, 3.05) is 55.3 Å². The van der Waals surface area contributed by atoms with Crippen LogP contribution >= 0.6 is 0 Å². The Bertz CT molecular complexity index is 2450. The minimum Gasteiger partial charge on any atom is -0.439 e. The van der Waals surface area contributed by atoms with Gasteiger partial charge in [0.1, 0.15) is 17.0 Å². The standard InChI is InChI=1S/C44H44F3N9O4/c1-5-29-24-30(40(57)48-18-19-55-20-22-59-23-21-55)26-31(25-29)50-41-49-17-16-39(53-41)60-36-15-14-35(33-8-6-7-9-34(33)36)51-42(58)52-38-27-37(43(3,4)44(45,46)47)54-56(38)32-12-10-28(2)11-13-32/h1,6,8,10-17,24-27H,7,9,18-23H2,2-4H3,(H,48,57)(H,49,50,53)(H2,51,52,58). The molecule has 2 aliphatic rings. The Morgan fingerprint density at radius 1 is 1.00 bits per heavy atom. The van der Waals surface area contributed by atoms with E-state index in [9.17, 15) is 22.8 Å². The number of anilines is 4. The first kappa shape index (κ1) is 41.5. The maximum absolute atomic E-state index is 14.0. The summed E-state index contributed by atoms with van der Waals surface area (Å²) in [5, 5.41) is 15.9. The molecule has 3 amide bonds.